The van der Waals surface area contributed by atoms with Crippen LogP contribution in [-0.2, 0) is 11.3 Å². The number of benzene rings is 1. The van der Waals surface area contributed by atoms with Crippen LogP contribution in [-0.4, -0.2) is 27.0 Å². The van der Waals surface area contributed by atoms with Gasteiger partial charge < -0.3 is 4.74 Å². The van der Waals surface area contributed by atoms with Crippen molar-refractivity contribution >= 4 is 11.8 Å². The predicted molar refractivity (Wildman–Crippen MR) is 84.6 cm³/mol. The van der Waals surface area contributed by atoms with Crippen LogP contribution in [0.15, 0.2) is 24.3 Å². The van der Waals surface area contributed by atoms with E-state index >= 15 is 0 Å². The first-order chi connectivity index (χ1) is 9.94. The van der Waals surface area contributed by atoms with E-state index in [4.69, 9.17) is 4.74 Å². The average molecular weight is 308 g/mol. The Morgan fingerprint density at radius 3 is 2.09 bits per heavy atom. The van der Waals surface area contributed by atoms with Crippen LogP contribution in [0.3, 0.4) is 0 Å². The van der Waals surface area contributed by atoms with Gasteiger partial charge in [-0.15, -0.1) is 0 Å². The highest BCUT2D eigenvalue weighted by atomic mass is 16.6. The van der Waals surface area contributed by atoms with Gasteiger partial charge >= 0.3 is 6.09 Å². The van der Waals surface area contributed by atoms with Crippen molar-refractivity contribution in [1.29, 1.82) is 0 Å². The van der Waals surface area contributed by atoms with Crippen molar-refractivity contribution < 1.29 is 14.5 Å². The fourth-order valence-corrected chi connectivity index (χ4v) is 2.57. The van der Waals surface area contributed by atoms with Crippen LogP contribution in [0.2, 0.25) is 0 Å². The molecule has 1 amide bonds. The topological polar surface area (TPSA) is 72.7 Å². The molecule has 6 heteroatoms. The van der Waals surface area contributed by atoms with E-state index in [9.17, 15) is 14.9 Å². The quantitative estimate of drug-likeness (QED) is 0.621. The number of hydrogen-bond acceptors (Lipinski definition) is 4. The van der Waals surface area contributed by atoms with Gasteiger partial charge in [-0.2, -0.15) is 0 Å². The van der Waals surface area contributed by atoms with Crippen LogP contribution in [0.25, 0.3) is 0 Å². The molecular formula is C16H24N2O4. The minimum atomic E-state index is -0.488. The summed E-state index contributed by atoms with van der Waals surface area (Å²) in [7, 11) is 0. The standard InChI is InChI=1S/C16H24N2O4/c1-15(2,3)17(16(4,5)6)14(19)22-11-12-9-7-8-10-13(12)18(20)21/h7-10H,11H2,1-6H3. The van der Waals surface area contributed by atoms with Gasteiger partial charge in [-0.25, -0.2) is 4.79 Å². The molecule has 0 atom stereocenters. The molecule has 0 saturated carbocycles. The second-order valence-electron chi connectivity index (χ2n) is 7.12. The zero-order valence-corrected chi connectivity index (χ0v) is 14.0. The Morgan fingerprint density at radius 2 is 1.64 bits per heavy atom. The second kappa shape index (κ2) is 6.34. The molecule has 0 fully saturated rings. The fourth-order valence-electron chi connectivity index (χ4n) is 2.57. The molecule has 0 aliphatic carbocycles. The number of nitro benzene ring substituents is 1. The van der Waals surface area contributed by atoms with E-state index in [-0.39, 0.29) is 12.3 Å². The van der Waals surface area contributed by atoms with Gasteiger partial charge in [0, 0.05) is 17.1 Å². The van der Waals surface area contributed by atoms with Gasteiger partial charge in [-0.1, -0.05) is 12.1 Å². The van der Waals surface area contributed by atoms with Gasteiger partial charge in [0.25, 0.3) is 5.69 Å². The van der Waals surface area contributed by atoms with Crippen molar-refractivity contribution in [2.75, 3.05) is 0 Å². The van der Waals surface area contributed by atoms with Crippen LogP contribution in [0.5, 0.6) is 0 Å². The lowest BCUT2D eigenvalue weighted by Gasteiger charge is -2.44. The smallest absolute Gasteiger partial charge is 0.410 e. The molecule has 0 radical (unpaired) electrons. The molecule has 0 aromatic heterocycles. The van der Waals surface area contributed by atoms with Crippen molar-refractivity contribution in [2.45, 2.75) is 59.2 Å². The van der Waals surface area contributed by atoms with Crippen LogP contribution < -0.4 is 0 Å². The number of nitro groups is 1. The summed E-state index contributed by atoms with van der Waals surface area (Å²) in [6.45, 7) is 11.4. The normalized spacial score (nSPS) is 11.9. The van der Waals surface area contributed by atoms with Gasteiger partial charge in [0.05, 0.1) is 10.5 Å². The molecule has 0 saturated heterocycles. The fraction of sp³-hybridized carbons (Fsp3) is 0.562. The molecule has 0 bridgehead atoms. The summed E-state index contributed by atoms with van der Waals surface area (Å²) in [4.78, 5) is 24.6. The monoisotopic (exact) mass is 308 g/mol. The van der Waals surface area contributed by atoms with Gasteiger partial charge in [-0.05, 0) is 47.6 Å². The number of para-hydroxylation sites is 1. The minimum absolute atomic E-state index is 0.0478. The first kappa shape index (κ1) is 17.9. The molecule has 1 aromatic rings. The van der Waals surface area contributed by atoms with Crippen molar-refractivity contribution in [1.82, 2.24) is 4.90 Å². The lowest BCUT2D eigenvalue weighted by molar-refractivity contribution is -0.385. The van der Waals surface area contributed by atoms with Crippen LogP contribution in [0.1, 0.15) is 47.1 Å². The molecule has 0 unspecified atom stereocenters. The van der Waals surface area contributed by atoms with E-state index in [1.807, 2.05) is 41.5 Å². The molecule has 6 nitrogen and oxygen atoms in total. The predicted octanol–water partition coefficient (Wildman–Crippen LogP) is 4.13. The Morgan fingerprint density at radius 1 is 1.14 bits per heavy atom. The largest absolute Gasteiger partial charge is 0.444 e. The summed E-state index contributed by atoms with van der Waals surface area (Å²) in [5.74, 6) is 0. The van der Waals surface area contributed by atoms with E-state index in [1.165, 1.54) is 6.07 Å². The third-order valence-corrected chi connectivity index (χ3v) is 3.06. The number of nitrogens with zero attached hydrogens (tertiary/aromatic N) is 2. The Kier molecular flexibility index (Phi) is 5.17. The SMILES string of the molecule is CC(C)(C)N(C(=O)OCc1ccccc1[N+](=O)[O-])C(C)(C)C. The Bertz CT molecular complexity index is 542. The Balaban J connectivity index is 2.92. The highest BCUT2D eigenvalue weighted by molar-refractivity contribution is 5.69. The first-order valence-corrected chi connectivity index (χ1v) is 7.14. The van der Waals surface area contributed by atoms with Gasteiger partial charge in [0.1, 0.15) is 6.61 Å². The van der Waals surface area contributed by atoms with Crippen molar-refractivity contribution in [3.05, 3.63) is 39.9 Å². The van der Waals surface area contributed by atoms with Crippen molar-refractivity contribution in [3.63, 3.8) is 0 Å². The summed E-state index contributed by atoms with van der Waals surface area (Å²) in [6.07, 6.45) is -0.488. The summed E-state index contributed by atoms with van der Waals surface area (Å²) < 4.78 is 5.32. The maximum atomic E-state index is 12.4. The summed E-state index contributed by atoms with van der Waals surface area (Å²) in [5, 5.41) is 11.0. The Hall–Kier alpha value is -2.11. The highest BCUT2D eigenvalue weighted by Gasteiger charge is 2.36. The van der Waals surface area contributed by atoms with E-state index in [2.05, 4.69) is 0 Å². The molecule has 122 valence electrons. The third kappa shape index (κ3) is 4.44. The van der Waals surface area contributed by atoms with Gasteiger partial charge in [-0.3, -0.25) is 15.0 Å². The Labute approximate surface area is 131 Å². The zero-order chi connectivity index (χ0) is 17.1. The molecule has 1 aromatic carbocycles. The van der Waals surface area contributed by atoms with Crippen LogP contribution in [0, 0.1) is 10.1 Å². The number of carbonyl (C=O) groups is 1. The van der Waals surface area contributed by atoms with Crippen molar-refractivity contribution in [2.24, 2.45) is 0 Å². The lowest BCUT2D eigenvalue weighted by atomic mass is 9.97. The van der Waals surface area contributed by atoms with Crippen LogP contribution in [0.4, 0.5) is 10.5 Å². The molecule has 0 spiro atoms. The van der Waals surface area contributed by atoms with E-state index in [0.29, 0.717) is 5.56 Å². The number of ether oxygens (including phenoxy) is 1. The molecule has 1 rings (SSSR count). The maximum absolute atomic E-state index is 12.4. The number of hydrogen-bond donors (Lipinski definition) is 0. The molecular weight excluding hydrogens is 284 g/mol. The lowest BCUT2D eigenvalue weighted by Crippen LogP contribution is -2.55. The summed E-state index contributed by atoms with van der Waals surface area (Å²) in [6, 6.07) is 6.25. The zero-order valence-electron chi connectivity index (χ0n) is 14.0. The number of carbonyl (C=O) groups excluding carboxylic acids is 1. The maximum Gasteiger partial charge on any atom is 0.410 e. The van der Waals surface area contributed by atoms with E-state index < -0.39 is 22.1 Å². The molecule has 0 aliphatic heterocycles. The molecule has 0 heterocycles. The average Bonchev–Trinajstić information content (AvgIpc) is 2.33. The van der Waals surface area contributed by atoms with Crippen LogP contribution >= 0.6 is 0 Å². The van der Waals surface area contributed by atoms with Crippen molar-refractivity contribution in [3.8, 4) is 0 Å². The number of rotatable bonds is 3. The molecule has 0 N–H and O–H groups in total. The van der Waals surface area contributed by atoms with E-state index in [1.54, 1.807) is 23.1 Å². The van der Waals surface area contributed by atoms with Gasteiger partial charge in [0.2, 0.25) is 0 Å². The number of amides is 1. The summed E-state index contributed by atoms with van der Waals surface area (Å²) >= 11 is 0. The second-order valence-corrected chi connectivity index (χ2v) is 7.12. The molecule has 22 heavy (non-hydrogen) atoms. The first-order valence-electron chi connectivity index (χ1n) is 7.14. The molecule has 0 aliphatic rings. The van der Waals surface area contributed by atoms with E-state index in [0.717, 1.165) is 0 Å². The minimum Gasteiger partial charge on any atom is -0.444 e. The van der Waals surface area contributed by atoms with Gasteiger partial charge in [0.15, 0.2) is 0 Å². The highest BCUT2D eigenvalue weighted by Crippen LogP contribution is 2.26. The third-order valence-electron chi connectivity index (χ3n) is 3.06. The summed E-state index contributed by atoms with van der Waals surface area (Å²) in [5.41, 5.74) is -0.507.